The Morgan fingerprint density at radius 2 is 1.74 bits per heavy atom. The van der Waals surface area contributed by atoms with Crippen molar-refractivity contribution in [2.45, 2.75) is 29.4 Å². The number of nitrogens with zero attached hydrogens (tertiary/aromatic N) is 2. The molecule has 0 amide bonds. The Morgan fingerprint density at radius 1 is 1.06 bits per heavy atom. The van der Waals surface area contributed by atoms with Gasteiger partial charge >= 0.3 is 12.4 Å². The Hall–Kier alpha value is -2.78. The van der Waals surface area contributed by atoms with Gasteiger partial charge in [0.25, 0.3) is 10.0 Å². The zero-order valence-corrected chi connectivity index (χ0v) is 19.5. The number of aromatic nitrogens is 1. The predicted molar refractivity (Wildman–Crippen MR) is 113 cm³/mol. The van der Waals surface area contributed by atoms with Crippen LogP contribution in [0.3, 0.4) is 0 Å². The first-order chi connectivity index (χ1) is 16.2. The first kappa shape index (κ1) is 25.3. The molecule has 35 heavy (non-hydrogen) atoms. The van der Waals surface area contributed by atoms with E-state index in [0.717, 1.165) is 31.0 Å². The molecule has 0 spiro atoms. The number of thiophene rings is 1. The summed E-state index contributed by atoms with van der Waals surface area (Å²) in [6, 6.07) is 6.14. The molecule has 4 rings (SSSR count). The SMILES string of the molecule is C[N+]1(Oc2cccc(NS(=O)(=O)c3ccc(-c4cc(C(F)(F)F)on4)s3)c2C(F)(F)F)CCCC1. The molecule has 0 aliphatic carbocycles. The van der Waals surface area contributed by atoms with E-state index in [0.29, 0.717) is 30.5 Å². The van der Waals surface area contributed by atoms with Crippen molar-refractivity contribution < 1.29 is 48.8 Å². The first-order valence-corrected chi connectivity index (χ1v) is 12.4. The molecule has 0 radical (unpaired) electrons. The van der Waals surface area contributed by atoms with Crippen LogP contribution in [-0.2, 0) is 22.4 Å². The van der Waals surface area contributed by atoms with Gasteiger partial charge in [-0.15, -0.1) is 16.0 Å². The molecule has 1 aliphatic heterocycles. The van der Waals surface area contributed by atoms with E-state index in [1.165, 1.54) is 12.1 Å². The smallest absolute Gasteiger partial charge is 0.351 e. The predicted octanol–water partition coefficient (Wildman–Crippen LogP) is 5.78. The molecule has 2 aromatic heterocycles. The van der Waals surface area contributed by atoms with E-state index in [-0.39, 0.29) is 15.2 Å². The summed E-state index contributed by atoms with van der Waals surface area (Å²) >= 11 is 0.523. The molecule has 1 N–H and O–H groups in total. The highest BCUT2D eigenvalue weighted by Crippen LogP contribution is 2.43. The van der Waals surface area contributed by atoms with Crippen LogP contribution >= 0.6 is 11.3 Å². The fourth-order valence-corrected chi connectivity index (χ4v) is 5.97. The van der Waals surface area contributed by atoms with Crippen molar-refractivity contribution >= 4 is 27.0 Å². The minimum Gasteiger partial charge on any atom is -0.351 e. The molecule has 0 atom stereocenters. The molecule has 3 heterocycles. The standard InChI is InChI=1S/C20H18F6N3O4S2/c1-29(9-2-3-10-29)33-14-6-4-5-12(18(14)20(24,25)26)28-35(30,31)17-8-7-15(34-17)13-11-16(32-27-13)19(21,22)23/h4-8,11,28H,2-3,9-10H2,1H3/q+1. The zero-order chi connectivity index (χ0) is 25.6. The lowest BCUT2D eigenvalue weighted by atomic mass is 10.1. The molecule has 1 aliphatic rings. The van der Waals surface area contributed by atoms with Crippen LogP contribution in [-0.4, -0.2) is 38.4 Å². The molecule has 1 saturated heterocycles. The van der Waals surface area contributed by atoms with E-state index in [9.17, 15) is 34.8 Å². The number of hydroxylamine groups is 3. The first-order valence-electron chi connectivity index (χ1n) is 10.1. The molecule has 1 aromatic carbocycles. The highest BCUT2D eigenvalue weighted by Gasteiger charge is 2.42. The molecule has 0 unspecified atom stereocenters. The third kappa shape index (κ3) is 5.41. The second-order valence-corrected chi connectivity index (χ2v) is 11.0. The third-order valence-corrected chi connectivity index (χ3v) is 8.24. The van der Waals surface area contributed by atoms with E-state index < -0.39 is 49.3 Å². The lowest BCUT2D eigenvalue weighted by Crippen LogP contribution is -2.44. The fraction of sp³-hybridized carbons (Fsp3) is 0.350. The van der Waals surface area contributed by atoms with Crippen LogP contribution in [0.15, 0.2) is 45.1 Å². The summed E-state index contributed by atoms with van der Waals surface area (Å²) in [5, 5.41) is 3.28. The lowest BCUT2D eigenvalue weighted by Gasteiger charge is -2.28. The van der Waals surface area contributed by atoms with Gasteiger partial charge in [-0.05, 0) is 24.3 Å². The maximum absolute atomic E-state index is 14.0. The molecule has 0 saturated carbocycles. The van der Waals surface area contributed by atoms with Gasteiger partial charge in [0.05, 0.1) is 10.6 Å². The number of alkyl halides is 6. The lowest BCUT2D eigenvalue weighted by molar-refractivity contribution is -1.05. The summed E-state index contributed by atoms with van der Waals surface area (Å²) in [7, 11) is -2.89. The number of halogens is 6. The summed E-state index contributed by atoms with van der Waals surface area (Å²) in [6.45, 7) is 1.01. The van der Waals surface area contributed by atoms with Crippen molar-refractivity contribution in [2.75, 3.05) is 24.9 Å². The monoisotopic (exact) mass is 542 g/mol. The average molecular weight is 543 g/mol. The van der Waals surface area contributed by atoms with Crippen LogP contribution in [0.1, 0.15) is 24.2 Å². The second kappa shape index (κ2) is 8.71. The van der Waals surface area contributed by atoms with Crippen LogP contribution in [0.25, 0.3) is 10.6 Å². The van der Waals surface area contributed by atoms with Gasteiger partial charge < -0.3 is 9.36 Å². The Bertz CT molecular complexity index is 1330. The van der Waals surface area contributed by atoms with E-state index in [2.05, 4.69) is 9.68 Å². The Balaban J connectivity index is 1.65. The van der Waals surface area contributed by atoms with Gasteiger partial charge in [0.15, 0.2) is 0 Å². The largest absolute Gasteiger partial charge is 0.452 e. The molecule has 3 aromatic rings. The van der Waals surface area contributed by atoms with E-state index in [1.807, 2.05) is 4.72 Å². The second-order valence-electron chi connectivity index (χ2n) is 8.02. The number of hydrogen-bond donors (Lipinski definition) is 1. The van der Waals surface area contributed by atoms with Gasteiger partial charge in [-0.2, -0.15) is 26.3 Å². The summed E-state index contributed by atoms with van der Waals surface area (Å²) < 4.78 is 112. The van der Waals surface area contributed by atoms with E-state index >= 15 is 0 Å². The van der Waals surface area contributed by atoms with Crippen LogP contribution in [0.2, 0.25) is 0 Å². The van der Waals surface area contributed by atoms with Crippen LogP contribution in [0.5, 0.6) is 5.75 Å². The van der Waals surface area contributed by atoms with E-state index in [1.54, 1.807) is 7.05 Å². The number of quaternary nitrogens is 1. The Kier molecular flexibility index (Phi) is 6.30. The third-order valence-electron chi connectivity index (χ3n) is 5.27. The van der Waals surface area contributed by atoms with Gasteiger partial charge in [0.1, 0.15) is 35.6 Å². The van der Waals surface area contributed by atoms with Gasteiger partial charge in [-0.25, -0.2) is 8.42 Å². The van der Waals surface area contributed by atoms with Crippen molar-refractivity contribution in [1.82, 2.24) is 5.16 Å². The summed E-state index contributed by atoms with van der Waals surface area (Å²) in [6.07, 6.45) is -8.17. The van der Waals surface area contributed by atoms with Gasteiger partial charge in [0, 0.05) is 18.9 Å². The number of rotatable bonds is 6. The number of anilines is 1. The highest BCUT2D eigenvalue weighted by atomic mass is 32.2. The minimum absolute atomic E-state index is 0.0178. The number of nitrogens with one attached hydrogen (secondary N) is 1. The number of hydrogen-bond acceptors (Lipinski definition) is 6. The quantitative estimate of drug-likeness (QED) is 0.316. The van der Waals surface area contributed by atoms with Gasteiger partial charge in [-0.1, -0.05) is 11.2 Å². The van der Waals surface area contributed by atoms with Crippen molar-refractivity contribution in [3.05, 3.63) is 47.7 Å². The fourth-order valence-electron chi connectivity index (χ4n) is 3.64. The van der Waals surface area contributed by atoms with Gasteiger partial charge in [0.2, 0.25) is 11.5 Å². The maximum Gasteiger partial charge on any atom is 0.452 e. The molecular formula is C20H18F6N3O4S2+. The highest BCUT2D eigenvalue weighted by molar-refractivity contribution is 7.94. The van der Waals surface area contributed by atoms with Crippen molar-refractivity contribution in [3.63, 3.8) is 0 Å². The molecule has 0 bridgehead atoms. The van der Waals surface area contributed by atoms with Crippen molar-refractivity contribution in [3.8, 4) is 16.3 Å². The van der Waals surface area contributed by atoms with Crippen molar-refractivity contribution in [2.24, 2.45) is 0 Å². The van der Waals surface area contributed by atoms with Gasteiger partial charge in [-0.3, -0.25) is 4.72 Å². The molecule has 15 heteroatoms. The minimum atomic E-state index is -4.94. The Morgan fingerprint density at radius 3 is 2.34 bits per heavy atom. The van der Waals surface area contributed by atoms with Crippen LogP contribution in [0, 0.1) is 0 Å². The average Bonchev–Trinajstić information content (AvgIpc) is 3.47. The topological polar surface area (TPSA) is 81.4 Å². The maximum atomic E-state index is 14.0. The zero-order valence-electron chi connectivity index (χ0n) is 17.9. The van der Waals surface area contributed by atoms with Crippen LogP contribution < -0.4 is 9.56 Å². The Labute approximate surface area is 199 Å². The number of benzene rings is 1. The molecule has 7 nitrogen and oxygen atoms in total. The molecule has 1 fully saturated rings. The summed E-state index contributed by atoms with van der Waals surface area (Å²) in [4.78, 5) is 5.67. The van der Waals surface area contributed by atoms with Crippen LogP contribution in [0.4, 0.5) is 32.0 Å². The number of likely N-dealkylation sites (tertiary alicyclic amines) is 1. The molecular weight excluding hydrogens is 524 g/mol. The van der Waals surface area contributed by atoms with E-state index in [4.69, 9.17) is 4.84 Å². The normalized spacial score (nSPS) is 16.4. The molecule has 190 valence electrons. The summed E-state index contributed by atoms with van der Waals surface area (Å²) in [5.41, 5.74) is -2.29. The summed E-state index contributed by atoms with van der Waals surface area (Å²) in [5.74, 6) is -1.89. The van der Waals surface area contributed by atoms with Crippen molar-refractivity contribution in [1.29, 1.82) is 0 Å². The number of sulfonamides is 1.